The Balaban J connectivity index is 1.46. The summed E-state index contributed by atoms with van der Waals surface area (Å²) in [5.41, 5.74) is 1.51. The minimum absolute atomic E-state index is 1.23. The number of thiophene rings is 4. The van der Waals surface area contributed by atoms with Gasteiger partial charge in [0, 0.05) is 29.3 Å². The van der Waals surface area contributed by atoms with Gasteiger partial charge in [-0.05, 0) is 65.6 Å². The molecule has 0 aliphatic carbocycles. The van der Waals surface area contributed by atoms with Crippen LogP contribution in [-0.2, 0) is 6.42 Å². The average molecular weight is 415 g/mol. The van der Waals surface area contributed by atoms with Crippen molar-refractivity contribution in [1.82, 2.24) is 0 Å². The summed E-state index contributed by atoms with van der Waals surface area (Å²) in [6.45, 7) is 2.27. The van der Waals surface area contributed by atoms with Crippen LogP contribution in [0, 0.1) is 0 Å². The molecule has 0 aliphatic heterocycles. The number of hydrogen-bond acceptors (Lipinski definition) is 4. The summed E-state index contributed by atoms with van der Waals surface area (Å²) >= 11 is 7.52. The van der Waals surface area contributed by atoms with E-state index in [1.54, 1.807) is 0 Å². The van der Waals surface area contributed by atoms with E-state index in [0.717, 1.165) is 0 Å². The molecule has 4 aromatic rings. The van der Waals surface area contributed by atoms with Crippen LogP contribution in [0.4, 0.5) is 0 Å². The number of hydrogen-bond donors (Lipinski definition) is 0. The Morgan fingerprint density at radius 1 is 0.692 bits per heavy atom. The van der Waals surface area contributed by atoms with Gasteiger partial charge in [-0.25, -0.2) is 0 Å². The van der Waals surface area contributed by atoms with E-state index in [1.807, 2.05) is 45.3 Å². The van der Waals surface area contributed by atoms with Gasteiger partial charge in [0.2, 0.25) is 0 Å². The average Bonchev–Trinajstić information content (AvgIpc) is 3.44. The first-order valence-corrected chi connectivity index (χ1v) is 12.5. The van der Waals surface area contributed by atoms with E-state index in [1.165, 1.54) is 66.9 Å². The highest BCUT2D eigenvalue weighted by Gasteiger charge is 2.10. The van der Waals surface area contributed by atoms with E-state index < -0.39 is 0 Å². The molecule has 0 spiro atoms. The van der Waals surface area contributed by atoms with Crippen LogP contribution in [0.15, 0.2) is 53.2 Å². The predicted octanol–water partition coefficient (Wildman–Crippen LogP) is 9.06. The standard InChI is InChI=1S/C22H22S4/c1-2-3-4-5-7-16-14-22(24-15-16)21-12-11-20(26-21)19-10-9-18(25-19)17-8-6-13-23-17/h6,8-15H,2-5,7H2,1H3. The van der Waals surface area contributed by atoms with Crippen molar-refractivity contribution in [2.45, 2.75) is 39.0 Å². The van der Waals surface area contributed by atoms with Gasteiger partial charge in [-0.1, -0.05) is 32.3 Å². The maximum absolute atomic E-state index is 2.40. The molecule has 4 aromatic heterocycles. The van der Waals surface area contributed by atoms with Crippen LogP contribution in [0.1, 0.15) is 38.2 Å². The van der Waals surface area contributed by atoms with Crippen LogP contribution in [-0.4, -0.2) is 0 Å². The molecule has 0 saturated heterocycles. The van der Waals surface area contributed by atoms with Gasteiger partial charge in [-0.3, -0.25) is 0 Å². The van der Waals surface area contributed by atoms with Gasteiger partial charge in [0.05, 0.1) is 0 Å². The van der Waals surface area contributed by atoms with Crippen molar-refractivity contribution in [2.75, 3.05) is 0 Å². The molecule has 0 fully saturated rings. The second-order valence-electron chi connectivity index (χ2n) is 6.43. The van der Waals surface area contributed by atoms with Crippen LogP contribution in [0.2, 0.25) is 0 Å². The van der Waals surface area contributed by atoms with Gasteiger partial charge in [0.25, 0.3) is 0 Å². The largest absolute Gasteiger partial charge is 0.143 e. The van der Waals surface area contributed by atoms with Crippen LogP contribution < -0.4 is 0 Å². The summed E-state index contributed by atoms with van der Waals surface area (Å²) in [5.74, 6) is 0. The van der Waals surface area contributed by atoms with Crippen LogP contribution in [0.5, 0.6) is 0 Å². The van der Waals surface area contributed by atoms with E-state index in [0.29, 0.717) is 0 Å². The van der Waals surface area contributed by atoms with Crippen LogP contribution >= 0.6 is 45.3 Å². The second-order valence-corrected chi connectivity index (χ2v) is 10.5. The van der Waals surface area contributed by atoms with Gasteiger partial charge < -0.3 is 0 Å². The van der Waals surface area contributed by atoms with Crippen LogP contribution in [0.25, 0.3) is 29.3 Å². The molecule has 26 heavy (non-hydrogen) atoms. The fourth-order valence-electron chi connectivity index (χ4n) is 3.02. The lowest BCUT2D eigenvalue weighted by atomic mass is 10.1. The van der Waals surface area contributed by atoms with E-state index in [4.69, 9.17) is 0 Å². The molecule has 4 heterocycles. The van der Waals surface area contributed by atoms with Gasteiger partial charge in [-0.2, -0.15) is 0 Å². The van der Waals surface area contributed by atoms with Crippen molar-refractivity contribution in [3.63, 3.8) is 0 Å². The number of aryl methyl sites for hydroxylation is 1. The summed E-state index contributed by atoms with van der Waals surface area (Å²) in [5, 5.41) is 4.50. The lowest BCUT2D eigenvalue weighted by Crippen LogP contribution is -1.81. The zero-order valence-electron chi connectivity index (χ0n) is 14.9. The monoisotopic (exact) mass is 414 g/mol. The molecule has 0 aromatic carbocycles. The quantitative estimate of drug-likeness (QED) is 0.252. The Morgan fingerprint density at radius 2 is 1.38 bits per heavy atom. The van der Waals surface area contributed by atoms with Crippen LogP contribution in [0.3, 0.4) is 0 Å². The molecular formula is C22H22S4. The van der Waals surface area contributed by atoms with Crippen molar-refractivity contribution in [2.24, 2.45) is 0 Å². The SMILES string of the molecule is CCCCCCc1csc(-c2ccc(-c3ccc(-c4cccs4)s3)s2)c1. The van der Waals surface area contributed by atoms with E-state index in [9.17, 15) is 0 Å². The van der Waals surface area contributed by atoms with Gasteiger partial charge in [-0.15, -0.1) is 45.3 Å². The van der Waals surface area contributed by atoms with E-state index >= 15 is 0 Å². The predicted molar refractivity (Wildman–Crippen MR) is 122 cm³/mol. The normalized spacial score (nSPS) is 11.3. The smallest absolute Gasteiger partial charge is 0.0449 e. The van der Waals surface area contributed by atoms with Crippen molar-refractivity contribution in [1.29, 1.82) is 0 Å². The summed E-state index contributed by atoms with van der Waals surface area (Å²) in [6, 6.07) is 15.8. The van der Waals surface area contributed by atoms with Gasteiger partial charge in [0.1, 0.15) is 0 Å². The molecule has 4 rings (SSSR count). The molecule has 4 heteroatoms. The molecule has 134 valence electrons. The van der Waals surface area contributed by atoms with Crippen molar-refractivity contribution < 1.29 is 0 Å². The topological polar surface area (TPSA) is 0 Å². The molecular weight excluding hydrogens is 393 g/mol. The zero-order valence-corrected chi connectivity index (χ0v) is 18.1. The molecule has 0 atom stereocenters. The van der Waals surface area contributed by atoms with Crippen molar-refractivity contribution >= 4 is 45.3 Å². The molecule has 0 aliphatic rings. The molecule has 0 saturated carbocycles. The fraction of sp³-hybridized carbons (Fsp3) is 0.273. The first kappa shape index (κ1) is 18.2. The Hall–Kier alpha value is -1.20. The first-order chi connectivity index (χ1) is 12.8. The summed E-state index contributed by atoms with van der Waals surface area (Å²) < 4.78 is 0. The highest BCUT2D eigenvalue weighted by molar-refractivity contribution is 7.28. The van der Waals surface area contributed by atoms with E-state index in [2.05, 4.69) is 60.1 Å². The van der Waals surface area contributed by atoms with Gasteiger partial charge in [0.15, 0.2) is 0 Å². The number of rotatable bonds is 8. The van der Waals surface area contributed by atoms with Crippen molar-refractivity contribution in [3.05, 3.63) is 58.8 Å². The molecule has 0 amide bonds. The molecule has 0 unspecified atom stereocenters. The van der Waals surface area contributed by atoms with Gasteiger partial charge >= 0.3 is 0 Å². The Bertz CT molecular complexity index is 937. The highest BCUT2D eigenvalue weighted by Crippen LogP contribution is 2.42. The Morgan fingerprint density at radius 3 is 2.04 bits per heavy atom. The minimum Gasteiger partial charge on any atom is -0.143 e. The maximum Gasteiger partial charge on any atom is 0.0449 e. The first-order valence-electron chi connectivity index (χ1n) is 9.15. The minimum atomic E-state index is 1.23. The third-order valence-electron chi connectivity index (χ3n) is 4.43. The third kappa shape index (κ3) is 4.20. The summed E-state index contributed by atoms with van der Waals surface area (Å²) in [7, 11) is 0. The van der Waals surface area contributed by atoms with Crippen molar-refractivity contribution in [3.8, 4) is 29.3 Å². The molecule has 0 nitrogen and oxygen atoms in total. The summed E-state index contributed by atoms with van der Waals surface area (Å²) in [4.78, 5) is 8.31. The fourth-order valence-corrected chi connectivity index (χ4v) is 7.00. The zero-order chi connectivity index (χ0) is 17.8. The second kappa shape index (κ2) is 8.66. The Kier molecular flexibility index (Phi) is 6.05. The Labute approximate surface area is 171 Å². The molecule has 0 radical (unpaired) electrons. The highest BCUT2D eigenvalue weighted by atomic mass is 32.1. The maximum atomic E-state index is 2.40. The molecule has 0 N–H and O–H groups in total. The third-order valence-corrected chi connectivity index (χ3v) is 9.04. The summed E-state index contributed by atoms with van der Waals surface area (Å²) in [6.07, 6.45) is 6.57. The van der Waals surface area contributed by atoms with E-state index in [-0.39, 0.29) is 0 Å². The number of unbranched alkanes of at least 4 members (excludes halogenated alkanes) is 3. The lowest BCUT2D eigenvalue weighted by molar-refractivity contribution is 0.667. The lowest BCUT2D eigenvalue weighted by Gasteiger charge is -1.96. The molecule has 0 bridgehead atoms.